The van der Waals surface area contributed by atoms with E-state index in [-0.39, 0.29) is 5.95 Å². The van der Waals surface area contributed by atoms with Crippen LogP contribution in [0.1, 0.15) is 32.1 Å². The lowest BCUT2D eigenvalue weighted by molar-refractivity contribution is 0.462. The summed E-state index contributed by atoms with van der Waals surface area (Å²) in [6.45, 7) is 0. The Balaban J connectivity index is 1.79. The van der Waals surface area contributed by atoms with E-state index in [1.54, 1.807) is 6.07 Å². The van der Waals surface area contributed by atoms with Crippen LogP contribution >= 0.6 is 11.6 Å². The van der Waals surface area contributed by atoms with Gasteiger partial charge in [0, 0.05) is 27.7 Å². The van der Waals surface area contributed by atoms with Gasteiger partial charge >= 0.3 is 0 Å². The van der Waals surface area contributed by atoms with E-state index in [4.69, 9.17) is 23.1 Å². The van der Waals surface area contributed by atoms with Crippen molar-refractivity contribution in [3.8, 4) is 11.1 Å². The van der Waals surface area contributed by atoms with Crippen LogP contribution in [0, 0.1) is 0 Å². The molecular weight excluding hydrogens is 346 g/mol. The molecule has 5 nitrogen and oxygen atoms in total. The molecule has 0 unspecified atom stereocenters. The molecule has 1 aromatic heterocycles. The van der Waals surface area contributed by atoms with Gasteiger partial charge in [-0.25, -0.2) is 4.98 Å². The third-order valence-corrected chi connectivity index (χ3v) is 5.22. The minimum Gasteiger partial charge on any atom is -0.398 e. The second kappa shape index (κ2) is 7.00. The molecular formula is C20H22ClN5. The largest absolute Gasteiger partial charge is 0.398 e. The van der Waals surface area contributed by atoms with Gasteiger partial charge in [0.2, 0.25) is 5.95 Å². The molecule has 1 fully saturated rings. The number of aromatic nitrogens is 2. The van der Waals surface area contributed by atoms with Gasteiger partial charge < -0.3 is 16.8 Å². The van der Waals surface area contributed by atoms with Crippen LogP contribution in [0.25, 0.3) is 22.0 Å². The first-order valence-corrected chi connectivity index (χ1v) is 9.37. The fourth-order valence-corrected chi connectivity index (χ4v) is 3.81. The lowest BCUT2D eigenvalue weighted by atomic mass is 9.95. The van der Waals surface area contributed by atoms with Crippen LogP contribution in [0.15, 0.2) is 36.4 Å². The predicted octanol–water partition coefficient (Wildman–Crippen LogP) is 4.86. The Morgan fingerprint density at radius 2 is 1.77 bits per heavy atom. The van der Waals surface area contributed by atoms with Gasteiger partial charge in [0.1, 0.15) is 5.82 Å². The molecule has 1 aliphatic carbocycles. The predicted molar refractivity (Wildman–Crippen MR) is 109 cm³/mol. The third kappa shape index (κ3) is 3.40. The molecule has 2 aromatic carbocycles. The zero-order valence-electron chi connectivity index (χ0n) is 14.5. The summed E-state index contributed by atoms with van der Waals surface area (Å²) in [6, 6.07) is 11.9. The quantitative estimate of drug-likeness (QED) is 0.575. The molecule has 1 aliphatic rings. The van der Waals surface area contributed by atoms with Crippen LogP contribution in [-0.4, -0.2) is 16.0 Å². The van der Waals surface area contributed by atoms with Crippen LogP contribution in [0.3, 0.4) is 0 Å². The number of hydrogen-bond donors (Lipinski definition) is 3. The van der Waals surface area contributed by atoms with Gasteiger partial charge in [-0.3, -0.25) is 0 Å². The Hall–Kier alpha value is -2.53. The minimum atomic E-state index is 0.283. The second-order valence-corrected chi connectivity index (χ2v) is 7.31. The maximum Gasteiger partial charge on any atom is 0.222 e. The number of anilines is 3. The van der Waals surface area contributed by atoms with E-state index in [1.165, 1.54) is 19.3 Å². The Kier molecular flexibility index (Phi) is 4.55. The molecule has 5 N–H and O–H groups in total. The third-order valence-electron chi connectivity index (χ3n) is 4.99. The van der Waals surface area contributed by atoms with Crippen molar-refractivity contribution in [1.82, 2.24) is 9.97 Å². The van der Waals surface area contributed by atoms with E-state index < -0.39 is 0 Å². The molecule has 0 spiro atoms. The van der Waals surface area contributed by atoms with E-state index in [2.05, 4.69) is 21.4 Å². The number of nitrogens with one attached hydrogen (secondary N) is 1. The zero-order valence-corrected chi connectivity index (χ0v) is 15.3. The van der Waals surface area contributed by atoms with E-state index >= 15 is 0 Å². The molecule has 134 valence electrons. The lowest BCUT2D eigenvalue weighted by Gasteiger charge is -2.24. The monoisotopic (exact) mass is 367 g/mol. The van der Waals surface area contributed by atoms with Crippen molar-refractivity contribution in [2.75, 3.05) is 16.8 Å². The van der Waals surface area contributed by atoms with Gasteiger partial charge in [-0.1, -0.05) is 36.9 Å². The molecule has 6 heteroatoms. The Morgan fingerprint density at radius 3 is 2.58 bits per heavy atom. The second-order valence-electron chi connectivity index (χ2n) is 6.87. The number of hydrogen-bond acceptors (Lipinski definition) is 5. The average Bonchev–Trinajstić information content (AvgIpc) is 2.64. The Morgan fingerprint density at radius 1 is 0.962 bits per heavy atom. The molecule has 1 heterocycles. The SMILES string of the molecule is Nc1nc(NC2CCCCC2)c2cc(-c3cc(Cl)ccc3N)ccc2n1. The van der Waals surface area contributed by atoms with E-state index in [0.717, 1.165) is 40.7 Å². The number of nitrogens with zero attached hydrogens (tertiary/aromatic N) is 2. The molecule has 0 amide bonds. The molecule has 0 aliphatic heterocycles. The highest BCUT2D eigenvalue weighted by Gasteiger charge is 2.16. The van der Waals surface area contributed by atoms with Crippen molar-refractivity contribution in [3.63, 3.8) is 0 Å². The standard InChI is InChI=1S/C20H22ClN5/c21-13-7-8-17(22)15(11-13)12-6-9-18-16(10-12)19(26-20(23)25-18)24-14-4-2-1-3-5-14/h6-11,14H,1-5,22H2,(H3,23,24,25,26). The zero-order chi connectivity index (χ0) is 18.1. The Bertz CT molecular complexity index is 950. The first kappa shape index (κ1) is 16.9. The highest BCUT2D eigenvalue weighted by molar-refractivity contribution is 6.31. The van der Waals surface area contributed by atoms with Gasteiger partial charge in [-0.2, -0.15) is 4.98 Å². The van der Waals surface area contributed by atoms with Crippen molar-refractivity contribution >= 4 is 40.0 Å². The molecule has 3 aromatic rings. The van der Waals surface area contributed by atoms with Crippen molar-refractivity contribution in [1.29, 1.82) is 0 Å². The topological polar surface area (TPSA) is 89.8 Å². The summed E-state index contributed by atoms with van der Waals surface area (Å²) < 4.78 is 0. The summed E-state index contributed by atoms with van der Waals surface area (Å²) in [5.74, 6) is 1.08. The maximum absolute atomic E-state index is 6.16. The minimum absolute atomic E-state index is 0.283. The van der Waals surface area contributed by atoms with Crippen molar-refractivity contribution in [2.45, 2.75) is 38.1 Å². The molecule has 26 heavy (non-hydrogen) atoms. The van der Waals surface area contributed by atoms with Crippen LogP contribution in [-0.2, 0) is 0 Å². The average molecular weight is 368 g/mol. The number of fused-ring (bicyclic) bond motifs is 1. The summed E-state index contributed by atoms with van der Waals surface area (Å²) >= 11 is 6.16. The lowest BCUT2D eigenvalue weighted by Crippen LogP contribution is -2.23. The summed E-state index contributed by atoms with van der Waals surface area (Å²) in [4.78, 5) is 8.84. The molecule has 0 saturated heterocycles. The molecule has 1 saturated carbocycles. The molecule has 0 atom stereocenters. The van der Waals surface area contributed by atoms with E-state index in [9.17, 15) is 0 Å². The van der Waals surface area contributed by atoms with Gasteiger partial charge in [-0.15, -0.1) is 0 Å². The number of benzene rings is 2. The Labute approximate surface area is 157 Å². The van der Waals surface area contributed by atoms with Crippen LogP contribution < -0.4 is 16.8 Å². The number of halogens is 1. The fourth-order valence-electron chi connectivity index (χ4n) is 3.64. The first-order chi connectivity index (χ1) is 12.6. The number of nitrogen functional groups attached to an aromatic ring is 2. The van der Waals surface area contributed by atoms with Gasteiger partial charge in [0.05, 0.1) is 5.52 Å². The molecule has 4 rings (SSSR count). The maximum atomic E-state index is 6.16. The van der Waals surface area contributed by atoms with Crippen LogP contribution in [0.5, 0.6) is 0 Å². The van der Waals surface area contributed by atoms with Crippen molar-refractivity contribution in [3.05, 3.63) is 41.4 Å². The molecule has 0 bridgehead atoms. The van der Waals surface area contributed by atoms with Gasteiger partial charge in [0.15, 0.2) is 0 Å². The summed E-state index contributed by atoms with van der Waals surface area (Å²) in [7, 11) is 0. The fraction of sp³-hybridized carbons (Fsp3) is 0.300. The highest BCUT2D eigenvalue weighted by Crippen LogP contribution is 2.33. The van der Waals surface area contributed by atoms with E-state index in [0.29, 0.717) is 16.8 Å². The highest BCUT2D eigenvalue weighted by atomic mass is 35.5. The van der Waals surface area contributed by atoms with Gasteiger partial charge in [0.25, 0.3) is 0 Å². The normalized spacial score (nSPS) is 15.3. The van der Waals surface area contributed by atoms with Crippen LogP contribution in [0.4, 0.5) is 17.5 Å². The number of rotatable bonds is 3. The summed E-state index contributed by atoms with van der Waals surface area (Å²) in [5.41, 5.74) is 15.5. The number of nitrogens with two attached hydrogens (primary N) is 2. The van der Waals surface area contributed by atoms with Crippen LogP contribution in [0.2, 0.25) is 5.02 Å². The van der Waals surface area contributed by atoms with Crippen molar-refractivity contribution < 1.29 is 0 Å². The van der Waals surface area contributed by atoms with Gasteiger partial charge in [-0.05, 0) is 48.7 Å². The molecule has 0 radical (unpaired) electrons. The summed E-state index contributed by atoms with van der Waals surface area (Å²) in [6.07, 6.45) is 6.13. The first-order valence-electron chi connectivity index (χ1n) is 8.99. The summed E-state index contributed by atoms with van der Waals surface area (Å²) in [5, 5.41) is 5.18. The smallest absolute Gasteiger partial charge is 0.222 e. The van der Waals surface area contributed by atoms with E-state index in [1.807, 2.05) is 24.3 Å². The van der Waals surface area contributed by atoms with Crippen molar-refractivity contribution in [2.24, 2.45) is 0 Å².